The standard InChI is InChI=1S/C17H17F3N4O/c1-11-4-6-12(7-5-11)13-10-15(25-3)22-16(21-13)24-9-8-14(23(24)2)17(18,19)20/h4-10,14H,1-3H3. The highest BCUT2D eigenvalue weighted by Gasteiger charge is 2.45. The molecular weight excluding hydrogens is 333 g/mol. The van der Waals surface area contributed by atoms with Crippen LogP contribution in [-0.2, 0) is 0 Å². The van der Waals surface area contributed by atoms with E-state index in [9.17, 15) is 13.2 Å². The van der Waals surface area contributed by atoms with E-state index in [2.05, 4.69) is 9.97 Å². The molecule has 0 N–H and O–H groups in total. The monoisotopic (exact) mass is 350 g/mol. The number of rotatable bonds is 3. The number of nitrogens with zero attached hydrogens (tertiary/aromatic N) is 4. The van der Waals surface area contributed by atoms with Crippen LogP contribution in [-0.4, -0.2) is 41.4 Å². The van der Waals surface area contributed by atoms with Crippen LogP contribution in [0.3, 0.4) is 0 Å². The molecule has 25 heavy (non-hydrogen) atoms. The first kappa shape index (κ1) is 17.2. The van der Waals surface area contributed by atoms with Crippen molar-refractivity contribution in [1.82, 2.24) is 15.0 Å². The minimum absolute atomic E-state index is 0.112. The smallest absolute Gasteiger partial charge is 0.409 e. The van der Waals surface area contributed by atoms with Gasteiger partial charge in [0.2, 0.25) is 11.8 Å². The Morgan fingerprint density at radius 1 is 1.12 bits per heavy atom. The van der Waals surface area contributed by atoms with Gasteiger partial charge in [0.25, 0.3) is 0 Å². The lowest BCUT2D eigenvalue weighted by molar-refractivity contribution is -0.164. The third-order valence-corrected chi connectivity index (χ3v) is 3.94. The fraction of sp³-hybridized carbons (Fsp3) is 0.294. The normalized spacial score (nSPS) is 18.0. The van der Waals surface area contributed by atoms with Crippen molar-refractivity contribution in [1.29, 1.82) is 0 Å². The van der Waals surface area contributed by atoms with Gasteiger partial charge in [-0.15, -0.1) is 0 Å². The Hall–Kier alpha value is -2.61. The van der Waals surface area contributed by atoms with Crippen molar-refractivity contribution in [2.24, 2.45) is 0 Å². The summed E-state index contributed by atoms with van der Waals surface area (Å²) in [7, 11) is 2.79. The van der Waals surface area contributed by atoms with Crippen molar-refractivity contribution < 1.29 is 17.9 Å². The fourth-order valence-corrected chi connectivity index (χ4v) is 2.55. The topological polar surface area (TPSA) is 41.5 Å². The Morgan fingerprint density at radius 3 is 2.36 bits per heavy atom. The number of ether oxygens (including phenoxy) is 1. The molecule has 0 radical (unpaired) electrons. The molecule has 0 fully saturated rings. The van der Waals surface area contributed by atoms with Crippen LogP contribution in [0.1, 0.15) is 5.56 Å². The van der Waals surface area contributed by atoms with Gasteiger partial charge < -0.3 is 4.74 Å². The second-order valence-electron chi connectivity index (χ2n) is 5.71. The maximum Gasteiger partial charge on any atom is 0.409 e. The largest absolute Gasteiger partial charge is 0.481 e. The molecule has 0 spiro atoms. The molecule has 1 aromatic heterocycles. The molecular formula is C17H17F3N4O. The van der Waals surface area contributed by atoms with Crippen LogP contribution >= 0.6 is 0 Å². The second-order valence-corrected chi connectivity index (χ2v) is 5.71. The second kappa shape index (κ2) is 6.36. The lowest BCUT2D eigenvalue weighted by atomic mass is 10.1. The summed E-state index contributed by atoms with van der Waals surface area (Å²) < 4.78 is 44.3. The molecule has 0 bridgehead atoms. The van der Waals surface area contributed by atoms with Gasteiger partial charge in [0, 0.05) is 24.9 Å². The zero-order valence-electron chi connectivity index (χ0n) is 13.9. The number of aromatic nitrogens is 2. The minimum atomic E-state index is -4.38. The van der Waals surface area contributed by atoms with Gasteiger partial charge in [-0.05, 0) is 13.0 Å². The van der Waals surface area contributed by atoms with Crippen LogP contribution in [0.4, 0.5) is 19.1 Å². The number of anilines is 1. The summed E-state index contributed by atoms with van der Waals surface area (Å²) in [6.45, 7) is 1.97. The van der Waals surface area contributed by atoms with E-state index in [0.29, 0.717) is 5.69 Å². The average Bonchev–Trinajstić information content (AvgIpc) is 2.97. The van der Waals surface area contributed by atoms with Crippen LogP contribution in [0.2, 0.25) is 0 Å². The highest BCUT2D eigenvalue weighted by Crippen LogP contribution is 2.32. The summed E-state index contributed by atoms with van der Waals surface area (Å²) in [6, 6.07) is 7.59. The van der Waals surface area contributed by atoms with E-state index in [4.69, 9.17) is 4.74 Å². The molecule has 1 unspecified atom stereocenters. The van der Waals surface area contributed by atoms with E-state index in [1.165, 1.54) is 25.4 Å². The molecule has 0 saturated heterocycles. The summed E-state index contributed by atoms with van der Waals surface area (Å²) in [4.78, 5) is 8.58. The average molecular weight is 350 g/mol. The first-order chi connectivity index (χ1) is 11.8. The molecule has 1 atom stereocenters. The van der Waals surface area contributed by atoms with Gasteiger partial charge in [-0.3, -0.25) is 0 Å². The Labute approximate surface area is 143 Å². The van der Waals surface area contributed by atoms with E-state index < -0.39 is 12.2 Å². The summed E-state index contributed by atoms with van der Waals surface area (Å²) in [5.41, 5.74) is 2.49. The summed E-state index contributed by atoms with van der Waals surface area (Å²) >= 11 is 0. The van der Waals surface area contributed by atoms with Gasteiger partial charge >= 0.3 is 6.18 Å². The Bertz CT molecular complexity index is 789. The number of halogens is 3. The van der Waals surface area contributed by atoms with Gasteiger partial charge in [0.05, 0.1) is 12.8 Å². The van der Waals surface area contributed by atoms with Crippen molar-refractivity contribution in [3.8, 4) is 17.1 Å². The van der Waals surface area contributed by atoms with Crippen LogP contribution in [0, 0.1) is 6.92 Å². The van der Waals surface area contributed by atoms with Crippen LogP contribution in [0.5, 0.6) is 5.88 Å². The number of methoxy groups -OCH3 is 1. The van der Waals surface area contributed by atoms with Crippen molar-refractivity contribution in [2.75, 3.05) is 19.2 Å². The molecule has 0 aliphatic carbocycles. The molecule has 1 aliphatic heterocycles. The Morgan fingerprint density at radius 2 is 1.80 bits per heavy atom. The predicted octanol–water partition coefficient (Wildman–Crippen LogP) is 3.57. The summed E-state index contributed by atoms with van der Waals surface area (Å²) in [5.74, 6) is 0.387. The highest BCUT2D eigenvalue weighted by molar-refractivity contribution is 5.62. The van der Waals surface area contributed by atoms with Gasteiger partial charge in [-0.25, -0.2) is 15.0 Å². The van der Waals surface area contributed by atoms with Crippen molar-refractivity contribution in [3.05, 3.63) is 48.2 Å². The van der Waals surface area contributed by atoms with Crippen LogP contribution in [0.25, 0.3) is 11.3 Å². The number of hydrogen-bond donors (Lipinski definition) is 0. The lowest BCUT2D eigenvalue weighted by Gasteiger charge is -2.29. The van der Waals surface area contributed by atoms with E-state index in [0.717, 1.165) is 22.2 Å². The first-order valence-electron chi connectivity index (χ1n) is 7.57. The molecule has 0 amide bonds. The van der Waals surface area contributed by atoms with Crippen LogP contribution < -0.4 is 9.75 Å². The van der Waals surface area contributed by atoms with Crippen molar-refractivity contribution in [3.63, 3.8) is 0 Å². The molecule has 0 saturated carbocycles. The molecule has 2 aromatic rings. The predicted molar refractivity (Wildman–Crippen MR) is 88.0 cm³/mol. The molecule has 5 nitrogen and oxygen atoms in total. The van der Waals surface area contributed by atoms with E-state index in [1.807, 2.05) is 31.2 Å². The molecule has 1 aromatic carbocycles. The maximum absolute atomic E-state index is 13.0. The number of hydrogen-bond acceptors (Lipinski definition) is 5. The quantitative estimate of drug-likeness (QED) is 0.846. The third kappa shape index (κ3) is 3.43. The number of alkyl halides is 3. The lowest BCUT2D eigenvalue weighted by Crippen LogP contribution is -2.46. The van der Waals surface area contributed by atoms with Gasteiger partial charge in [0.15, 0.2) is 0 Å². The number of likely N-dealkylation sites (N-methyl/N-ethyl adjacent to an activating group) is 1. The minimum Gasteiger partial charge on any atom is -0.481 e. The van der Waals surface area contributed by atoms with E-state index in [1.54, 1.807) is 6.07 Å². The van der Waals surface area contributed by atoms with Gasteiger partial charge in [-0.2, -0.15) is 18.2 Å². The molecule has 132 valence electrons. The Kier molecular flexibility index (Phi) is 4.38. The number of benzene rings is 1. The van der Waals surface area contributed by atoms with Crippen molar-refractivity contribution >= 4 is 5.95 Å². The summed E-state index contributed by atoms with van der Waals surface area (Å²) in [6.07, 6.45) is -2.00. The highest BCUT2D eigenvalue weighted by atomic mass is 19.4. The van der Waals surface area contributed by atoms with Gasteiger partial charge in [0.1, 0.15) is 6.04 Å². The molecule has 3 rings (SSSR count). The Balaban J connectivity index is 1.99. The number of hydrazine groups is 1. The zero-order chi connectivity index (χ0) is 18.2. The van der Waals surface area contributed by atoms with E-state index >= 15 is 0 Å². The molecule has 8 heteroatoms. The molecule has 2 heterocycles. The molecule has 1 aliphatic rings. The third-order valence-electron chi connectivity index (χ3n) is 3.94. The summed E-state index contributed by atoms with van der Waals surface area (Å²) in [5, 5.41) is 2.30. The maximum atomic E-state index is 13.0. The van der Waals surface area contributed by atoms with Gasteiger partial charge in [-0.1, -0.05) is 29.8 Å². The fourth-order valence-electron chi connectivity index (χ4n) is 2.55. The van der Waals surface area contributed by atoms with E-state index in [-0.39, 0.29) is 11.8 Å². The zero-order valence-corrected chi connectivity index (χ0v) is 13.9. The SMILES string of the molecule is COc1cc(-c2ccc(C)cc2)nc(N2C=CC(C(F)(F)F)N2C)n1. The van der Waals surface area contributed by atoms with Crippen molar-refractivity contribution in [2.45, 2.75) is 19.1 Å². The number of aryl methyl sites for hydroxylation is 1. The first-order valence-corrected chi connectivity index (χ1v) is 7.57. The van der Waals surface area contributed by atoms with Crippen LogP contribution in [0.15, 0.2) is 42.6 Å².